The summed E-state index contributed by atoms with van der Waals surface area (Å²) in [7, 11) is 0. The first-order chi connectivity index (χ1) is 7.02. The van der Waals surface area contributed by atoms with Crippen molar-refractivity contribution in [3.8, 4) is 0 Å². The van der Waals surface area contributed by atoms with Gasteiger partial charge in [0.15, 0.2) is 0 Å². The Kier molecular flexibility index (Phi) is 3.79. The second kappa shape index (κ2) is 4.33. The lowest BCUT2D eigenvalue weighted by Crippen LogP contribution is -2.51. The zero-order valence-corrected chi connectivity index (χ0v) is 12.4. The zero-order valence-electron chi connectivity index (χ0n) is 12.4. The van der Waals surface area contributed by atoms with Gasteiger partial charge in [0.05, 0.1) is 0 Å². The molecular formula is C15H31N. The summed E-state index contributed by atoms with van der Waals surface area (Å²) in [5.41, 5.74) is 1.14. The number of rotatable bonds is 3. The molecule has 1 unspecified atom stereocenters. The van der Waals surface area contributed by atoms with Crippen LogP contribution in [0.5, 0.6) is 0 Å². The molecule has 0 amide bonds. The predicted octanol–water partition coefficient (Wildman–Crippen LogP) is 4.37. The van der Waals surface area contributed by atoms with Gasteiger partial charge in [-0.3, -0.25) is 0 Å². The van der Waals surface area contributed by atoms with E-state index in [1.807, 2.05) is 0 Å². The van der Waals surface area contributed by atoms with Crippen molar-refractivity contribution >= 4 is 0 Å². The van der Waals surface area contributed by atoms with Crippen molar-refractivity contribution in [2.24, 2.45) is 10.8 Å². The van der Waals surface area contributed by atoms with E-state index < -0.39 is 0 Å². The average Bonchev–Trinajstić information content (AvgIpc) is 2.24. The Hall–Kier alpha value is -0.0400. The van der Waals surface area contributed by atoms with Gasteiger partial charge in [0, 0.05) is 11.6 Å². The number of hydrogen-bond donors (Lipinski definition) is 1. The maximum atomic E-state index is 3.90. The zero-order chi connectivity index (χ0) is 12.6. The van der Waals surface area contributed by atoms with E-state index in [1.54, 1.807) is 0 Å². The molecule has 0 aromatic carbocycles. The normalized spacial score (nSPS) is 26.1. The quantitative estimate of drug-likeness (QED) is 0.752. The molecule has 0 aliphatic heterocycles. The first-order valence-corrected chi connectivity index (χ1v) is 6.80. The van der Waals surface area contributed by atoms with Crippen LogP contribution in [0.15, 0.2) is 0 Å². The molecule has 0 bridgehead atoms. The molecule has 1 heteroatoms. The SMILES string of the molecule is CC(C)(C)CC(C)(C)NC1CCCC1(C)C. The van der Waals surface area contributed by atoms with Gasteiger partial charge < -0.3 is 5.32 Å². The molecule has 1 N–H and O–H groups in total. The monoisotopic (exact) mass is 225 g/mol. The number of hydrogen-bond acceptors (Lipinski definition) is 1. The summed E-state index contributed by atoms with van der Waals surface area (Å²) < 4.78 is 0. The minimum Gasteiger partial charge on any atom is -0.308 e. The van der Waals surface area contributed by atoms with Crippen molar-refractivity contribution in [2.45, 2.75) is 85.7 Å². The van der Waals surface area contributed by atoms with Crippen molar-refractivity contribution in [1.29, 1.82) is 0 Å². The highest BCUT2D eigenvalue weighted by molar-refractivity contribution is 4.95. The van der Waals surface area contributed by atoms with Crippen LogP contribution in [0.4, 0.5) is 0 Å². The minimum atomic E-state index is 0.254. The van der Waals surface area contributed by atoms with Gasteiger partial charge in [-0.15, -0.1) is 0 Å². The Bertz CT molecular complexity index is 232. The van der Waals surface area contributed by atoms with Crippen LogP contribution >= 0.6 is 0 Å². The average molecular weight is 225 g/mol. The minimum absolute atomic E-state index is 0.254. The molecule has 0 saturated heterocycles. The van der Waals surface area contributed by atoms with E-state index in [2.05, 4.69) is 53.8 Å². The lowest BCUT2D eigenvalue weighted by Gasteiger charge is -2.40. The molecule has 1 atom stereocenters. The fourth-order valence-electron chi connectivity index (χ4n) is 3.44. The third kappa shape index (κ3) is 4.08. The molecule has 0 aromatic rings. The predicted molar refractivity (Wildman–Crippen MR) is 72.7 cm³/mol. The third-order valence-corrected chi connectivity index (χ3v) is 3.79. The highest BCUT2D eigenvalue weighted by Crippen LogP contribution is 2.39. The third-order valence-electron chi connectivity index (χ3n) is 3.79. The molecule has 1 aliphatic rings. The molecule has 0 spiro atoms. The second-order valence-corrected chi connectivity index (χ2v) is 8.20. The molecule has 1 fully saturated rings. The molecule has 16 heavy (non-hydrogen) atoms. The summed E-state index contributed by atoms with van der Waals surface area (Å²) in [6.07, 6.45) is 5.33. The summed E-state index contributed by atoms with van der Waals surface area (Å²) >= 11 is 0. The van der Waals surface area contributed by atoms with Crippen LogP contribution in [0, 0.1) is 10.8 Å². The first kappa shape index (κ1) is 14.0. The first-order valence-electron chi connectivity index (χ1n) is 6.80. The molecule has 1 saturated carbocycles. The van der Waals surface area contributed by atoms with Crippen LogP contribution in [0.2, 0.25) is 0 Å². The second-order valence-electron chi connectivity index (χ2n) is 8.20. The molecule has 1 aliphatic carbocycles. The highest BCUT2D eigenvalue weighted by Gasteiger charge is 2.38. The van der Waals surface area contributed by atoms with Crippen molar-refractivity contribution in [2.75, 3.05) is 0 Å². The van der Waals surface area contributed by atoms with Gasteiger partial charge in [-0.05, 0) is 43.9 Å². The maximum absolute atomic E-state index is 3.90. The Labute approximate surface area is 102 Å². The molecule has 0 aromatic heterocycles. The lowest BCUT2D eigenvalue weighted by atomic mass is 9.79. The molecule has 96 valence electrons. The fraction of sp³-hybridized carbons (Fsp3) is 1.00. The van der Waals surface area contributed by atoms with E-state index in [-0.39, 0.29) is 5.54 Å². The van der Waals surface area contributed by atoms with E-state index in [0.29, 0.717) is 16.9 Å². The Balaban J connectivity index is 2.59. The molecule has 0 heterocycles. The van der Waals surface area contributed by atoms with Gasteiger partial charge in [0.1, 0.15) is 0 Å². The van der Waals surface area contributed by atoms with Crippen LogP contribution in [0.3, 0.4) is 0 Å². The van der Waals surface area contributed by atoms with Crippen LogP contribution in [0.1, 0.15) is 74.1 Å². The van der Waals surface area contributed by atoms with Crippen molar-refractivity contribution in [3.05, 3.63) is 0 Å². The van der Waals surface area contributed by atoms with Crippen LogP contribution in [-0.4, -0.2) is 11.6 Å². The standard InChI is InChI=1S/C15H31N/c1-13(2,3)11-15(6,7)16-12-9-8-10-14(12,4)5/h12,16H,8-11H2,1-7H3. The Morgan fingerprint density at radius 1 is 1.12 bits per heavy atom. The summed E-state index contributed by atoms with van der Waals surface area (Å²) in [5.74, 6) is 0. The van der Waals surface area contributed by atoms with Crippen LogP contribution in [-0.2, 0) is 0 Å². The molecule has 0 radical (unpaired) electrons. The Morgan fingerprint density at radius 2 is 1.69 bits per heavy atom. The smallest absolute Gasteiger partial charge is 0.0132 e. The van der Waals surface area contributed by atoms with Crippen LogP contribution < -0.4 is 5.32 Å². The largest absolute Gasteiger partial charge is 0.308 e. The van der Waals surface area contributed by atoms with E-state index >= 15 is 0 Å². The van der Waals surface area contributed by atoms with Crippen molar-refractivity contribution < 1.29 is 0 Å². The highest BCUT2D eigenvalue weighted by atomic mass is 15.0. The van der Waals surface area contributed by atoms with Gasteiger partial charge >= 0.3 is 0 Å². The topological polar surface area (TPSA) is 12.0 Å². The molecule has 1 nitrogen and oxygen atoms in total. The molecular weight excluding hydrogens is 194 g/mol. The summed E-state index contributed by atoms with van der Waals surface area (Å²) in [4.78, 5) is 0. The summed E-state index contributed by atoms with van der Waals surface area (Å²) in [6, 6.07) is 0.699. The van der Waals surface area contributed by atoms with E-state index in [1.165, 1.54) is 25.7 Å². The van der Waals surface area contributed by atoms with E-state index in [9.17, 15) is 0 Å². The molecule has 1 rings (SSSR count). The Morgan fingerprint density at radius 3 is 2.06 bits per heavy atom. The van der Waals surface area contributed by atoms with Crippen molar-refractivity contribution in [1.82, 2.24) is 5.32 Å². The number of nitrogens with one attached hydrogen (secondary N) is 1. The van der Waals surface area contributed by atoms with Crippen molar-refractivity contribution in [3.63, 3.8) is 0 Å². The fourth-order valence-corrected chi connectivity index (χ4v) is 3.44. The lowest BCUT2D eigenvalue weighted by molar-refractivity contribution is 0.177. The van der Waals surface area contributed by atoms with Crippen LogP contribution in [0.25, 0.3) is 0 Å². The summed E-state index contributed by atoms with van der Waals surface area (Å²) in [5, 5.41) is 3.90. The van der Waals surface area contributed by atoms with Gasteiger partial charge in [-0.1, -0.05) is 41.0 Å². The maximum Gasteiger partial charge on any atom is 0.0132 e. The summed E-state index contributed by atoms with van der Waals surface area (Å²) in [6.45, 7) is 16.5. The van der Waals surface area contributed by atoms with Gasteiger partial charge in [-0.25, -0.2) is 0 Å². The van der Waals surface area contributed by atoms with E-state index in [0.717, 1.165) is 0 Å². The van der Waals surface area contributed by atoms with E-state index in [4.69, 9.17) is 0 Å². The van der Waals surface area contributed by atoms with Gasteiger partial charge in [0.2, 0.25) is 0 Å². The van der Waals surface area contributed by atoms with Gasteiger partial charge in [-0.2, -0.15) is 0 Å². The van der Waals surface area contributed by atoms with Gasteiger partial charge in [0.25, 0.3) is 0 Å².